The van der Waals surface area contributed by atoms with Crippen LogP contribution < -0.4 is 21.3 Å². The van der Waals surface area contributed by atoms with E-state index in [1.165, 1.54) is 24.3 Å². The van der Waals surface area contributed by atoms with Crippen molar-refractivity contribution in [2.45, 2.75) is 23.8 Å². The molecule has 0 amide bonds. The lowest BCUT2D eigenvalue weighted by molar-refractivity contribution is 0.598. The molecule has 0 aliphatic heterocycles. The van der Waals surface area contributed by atoms with Gasteiger partial charge in [-0.15, -0.1) is 0 Å². The summed E-state index contributed by atoms with van der Waals surface area (Å²) in [5, 5.41) is 20.1. The van der Waals surface area contributed by atoms with Gasteiger partial charge >= 0.3 is 0 Å². The van der Waals surface area contributed by atoms with Crippen LogP contribution in [0.2, 0.25) is 0 Å². The number of hydrogen-bond acceptors (Lipinski definition) is 7. The van der Waals surface area contributed by atoms with E-state index in [1.807, 2.05) is 0 Å². The van der Waals surface area contributed by atoms with Crippen molar-refractivity contribution in [2.24, 2.45) is 5.14 Å². The molecule has 0 bridgehead atoms. The van der Waals surface area contributed by atoms with Gasteiger partial charge in [-0.25, -0.2) is 13.6 Å². The molecule has 124 valence electrons. The number of aromatic nitrogens is 2. The van der Waals surface area contributed by atoms with E-state index in [0.717, 1.165) is 12.8 Å². The monoisotopic (exact) mass is 346 g/mol. The molecule has 1 fully saturated rings. The van der Waals surface area contributed by atoms with E-state index in [2.05, 4.69) is 20.6 Å². The third-order valence-electron chi connectivity index (χ3n) is 3.39. The molecule has 0 unspecified atom stereocenters. The largest absolute Gasteiger partial charge is 0.353 e. The summed E-state index contributed by atoms with van der Waals surface area (Å²) in [5.41, 5.74) is -0.249. The fraction of sp³-hybridized carbons (Fsp3) is 0.214. The highest BCUT2D eigenvalue weighted by molar-refractivity contribution is 7.89. The minimum atomic E-state index is -3.79. The van der Waals surface area contributed by atoms with Crippen molar-refractivity contribution in [3.63, 3.8) is 0 Å². The van der Waals surface area contributed by atoms with E-state index in [4.69, 9.17) is 10.4 Å². The summed E-state index contributed by atoms with van der Waals surface area (Å²) in [7, 11) is -3.79. The van der Waals surface area contributed by atoms with Gasteiger partial charge < -0.3 is 10.6 Å². The van der Waals surface area contributed by atoms with Crippen molar-refractivity contribution >= 4 is 27.5 Å². The fourth-order valence-electron chi connectivity index (χ4n) is 2.02. The minimum Gasteiger partial charge on any atom is -0.353 e. The number of sulfonamides is 1. The van der Waals surface area contributed by atoms with E-state index in [9.17, 15) is 13.2 Å². The second-order valence-corrected chi connectivity index (χ2v) is 6.92. The van der Waals surface area contributed by atoms with E-state index in [-0.39, 0.29) is 28.3 Å². The molecule has 1 aromatic carbocycles. The Balaban J connectivity index is 1.92. The Bertz CT molecular complexity index is 971. The molecule has 10 heteroatoms. The summed E-state index contributed by atoms with van der Waals surface area (Å²) in [4.78, 5) is 18.7. The Morgan fingerprint density at radius 1 is 1.29 bits per heavy atom. The number of hydrogen-bond donors (Lipinski definition) is 4. The van der Waals surface area contributed by atoms with Gasteiger partial charge in [-0.1, -0.05) is 0 Å². The van der Waals surface area contributed by atoms with Crippen LogP contribution in [0.3, 0.4) is 0 Å². The summed E-state index contributed by atoms with van der Waals surface area (Å²) in [6.45, 7) is 0. The van der Waals surface area contributed by atoms with Gasteiger partial charge in [0, 0.05) is 11.7 Å². The van der Waals surface area contributed by atoms with Crippen LogP contribution in [0.4, 0.5) is 17.5 Å². The average molecular weight is 346 g/mol. The molecule has 2 aromatic rings. The number of H-pyrrole nitrogens is 1. The average Bonchev–Trinajstić information content (AvgIpc) is 3.31. The topological polar surface area (TPSA) is 154 Å². The number of anilines is 3. The Kier molecular flexibility index (Phi) is 3.96. The highest BCUT2D eigenvalue weighted by atomic mass is 32.2. The van der Waals surface area contributed by atoms with Gasteiger partial charge in [0.05, 0.1) is 4.90 Å². The molecule has 0 spiro atoms. The second-order valence-electron chi connectivity index (χ2n) is 5.36. The Hall–Kier alpha value is -2.90. The molecular formula is C14H14N6O3S. The van der Waals surface area contributed by atoms with E-state index in [0.29, 0.717) is 5.69 Å². The highest BCUT2D eigenvalue weighted by Crippen LogP contribution is 2.24. The van der Waals surface area contributed by atoms with Crippen molar-refractivity contribution in [3.05, 3.63) is 40.2 Å². The Labute approximate surface area is 137 Å². The summed E-state index contributed by atoms with van der Waals surface area (Å²) in [5.74, 6) is 0.373. The first-order valence-electron chi connectivity index (χ1n) is 7.07. The van der Waals surface area contributed by atoms with Crippen LogP contribution in [-0.4, -0.2) is 24.4 Å². The van der Waals surface area contributed by atoms with Crippen molar-refractivity contribution < 1.29 is 8.42 Å². The van der Waals surface area contributed by atoms with Crippen LogP contribution in [0.25, 0.3) is 0 Å². The molecule has 24 heavy (non-hydrogen) atoms. The standard InChI is InChI=1S/C14H14N6O3S/c15-7-11-12(19-14(20-13(11)21)18-9-1-2-9)17-8-3-5-10(6-4-8)24(16,22)23/h3-6,9H,1-2H2,(H2,16,22,23)(H3,17,18,19,20,21). The fourth-order valence-corrected chi connectivity index (χ4v) is 2.54. The first-order chi connectivity index (χ1) is 11.4. The van der Waals surface area contributed by atoms with E-state index in [1.54, 1.807) is 6.07 Å². The first kappa shape index (κ1) is 16.0. The van der Waals surface area contributed by atoms with Crippen molar-refractivity contribution in [1.29, 1.82) is 5.26 Å². The predicted octanol–water partition coefficient (Wildman–Crippen LogP) is 0.607. The molecule has 9 nitrogen and oxygen atoms in total. The zero-order valence-corrected chi connectivity index (χ0v) is 13.2. The summed E-state index contributed by atoms with van der Waals surface area (Å²) in [6.07, 6.45) is 2.00. The number of aromatic amines is 1. The molecule has 1 heterocycles. The molecule has 1 aliphatic rings. The lowest BCUT2D eigenvalue weighted by Gasteiger charge is -2.10. The molecule has 0 atom stereocenters. The van der Waals surface area contributed by atoms with Gasteiger partial charge in [0.2, 0.25) is 16.0 Å². The van der Waals surface area contributed by atoms with Crippen LogP contribution in [0.1, 0.15) is 18.4 Å². The maximum Gasteiger partial charge on any atom is 0.272 e. The van der Waals surface area contributed by atoms with Crippen LogP contribution in [0, 0.1) is 11.3 Å². The van der Waals surface area contributed by atoms with Gasteiger partial charge in [0.15, 0.2) is 11.4 Å². The summed E-state index contributed by atoms with van der Waals surface area (Å²) >= 11 is 0. The molecule has 1 saturated carbocycles. The number of rotatable bonds is 5. The quantitative estimate of drug-likeness (QED) is 0.618. The normalized spacial score (nSPS) is 14.0. The minimum absolute atomic E-state index is 0.0384. The van der Waals surface area contributed by atoms with Crippen LogP contribution >= 0.6 is 0 Å². The molecule has 1 aliphatic carbocycles. The number of nitriles is 1. The third-order valence-corrected chi connectivity index (χ3v) is 4.32. The molecule has 3 rings (SSSR count). The Morgan fingerprint density at radius 3 is 2.50 bits per heavy atom. The molecule has 5 N–H and O–H groups in total. The van der Waals surface area contributed by atoms with E-state index < -0.39 is 15.6 Å². The molecule has 0 radical (unpaired) electrons. The maximum absolute atomic E-state index is 12.0. The first-order valence-corrected chi connectivity index (χ1v) is 8.62. The Morgan fingerprint density at radius 2 is 1.96 bits per heavy atom. The van der Waals surface area contributed by atoms with Crippen LogP contribution in [0.15, 0.2) is 34.0 Å². The van der Waals surface area contributed by atoms with Crippen molar-refractivity contribution in [2.75, 3.05) is 10.6 Å². The van der Waals surface area contributed by atoms with Gasteiger partial charge in [0.25, 0.3) is 5.56 Å². The zero-order chi connectivity index (χ0) is 17.3. The lowest BCUT2D eigenvalue weighted by Crippen LogP contribution is -2.19. The summed E-state index contributed by atoms with van der Waals surface area (Å²) < 4.78 is 22.5. The second kappa shape index (κ2) is 5.95. The number of benzene rings is 1. The van der Waals surface area contributed by atoms with Gasteiger partial charge in [0.1, 0.15) is 6.07 Å². The third kappa shape index (κ3) is 3.53. The predicted molar refractivity (Wildman–Crippen MR) is 87.3 cm³/mol. The van der Waals surface area contributed by atoms with Gasteiger partial charge in [-0.05, 0) is 37.1 Å². The van der Waals surface area contributed by atoms with Crippen LogP contribution in [-0.2, 0) is 10.0 Å². The van der Waals surface area contributed by atoms with E-state index >= 15 is 0 Å². The number of nitrogens with two attached hydrogens (primary N) is 1. The highest BCUT2D eigenvalue weighted by Gasteiger charge is 2.22. The van der Waals surface area contributed by atoms with Crippen molar-refractivity contribution in [1.82, 2.24) is 9.97 Å². The molecule has 1 aromatic heterocycles. The smallest absolute Gasteiger partial charge is 0.272 e. The van der Waals surface area contributed by atoms with Crippen LogP contribution in [0.5, 0.6) is 0 Å². The number of nitrogens with zero attached hydrogens (tertiary/aromatic N) is 2. The molecular weight excluding hydrogens is 332 g/mol. The lowest BCUT2D eigenvalue weighted by atomic mass is 10.3. The SMILES string of the molecule is N#Cc1c(Nc2ccc(S(N)(=O)=O)cc2)nc(NC2CC2)[nH]c1=O. The van der Waals surface area contributed by atoms with Crippen molar-refractivity contribution in [3.8, 4) is 6.07 Å². The number of nitrogens with one attached hydrogen (secondary N) is 3. The van der Waals surface area contributed by atoms with Gasteiger partial charge in [-0.2, -0.15) is 10.2 Å². The van der Waals surface area contributed by atoms with Gasteiger partial charge in [-0.3, -0.25) is 9.78 Å². The zero-order valence-electron chi connectivity index (χ0n) is 12.4. The number of primary sulfonamides is 1. The molecule has 0 saturated heterocycles. The maximum atomic E-state index is 12.0. The summed E-state index contributed by atoms with van der Waals surface area (Å²) in [6, 6.07) is 7.66.